The minimum absolute atomic E-state index is 0.255. The summed E-state index contributed by atoms with van der Waals surface area (Å²) < 4.78 is 27.3. The molecule has 0 saturated heterocycles. The van der Waals surface area contributed by atoms with E-state index in [0.29, 0.717) is 11.8 Å². The molecule has 0 amide bonds. The van der Waals surface area contributed by atoms with Crippen molar-refractivity contribution in [3.8, 4) is 0 Å². The monoisotopic (exact) mass is 303 g/mol. The van der Waals surface area contributed by atoms with Crippen LogP contribution in [0.15, 0.2) is 17.8 Å². The first kappa shape index (κ1) is 17.4. The highest BCUT2D eigenvalue weighted by Crippen LogP contribution is 2.49. The Morgan fingerprint density at radius 3 is 2.45 bits per heavy atom. The van der Waals surface area contributed by atoms with Crippen LogP contribution in [-0.4, -0.2) is 18.9 Å². The molecule has 0 spiro atoms. The van der Waals surface area contributed by atoms with E-state index in [2.05, 4.69) is 11.7 Å². The van der Waals surface area contributed by atoms with Gasteiger partial charge in [-0.25, -0.2) is 4.57 Å². The summed E-state index contributed by atoms with van der Waals surface area (Å²) in [7, 11) is -3.57. The summed E-state index contributed by atoms with van der Waals surface area (Å²) in [6.45, 7) is 9.76. The molecule has 116 valence electrons. The van der Waals surface area contributed by atoms with Gasteiger partial charge in [0.1, 0.15) is 0 Å². The lowest BCUT2D eigenvalue weighted by atomic mass is 9.77. The van der Waals surface area contributed by atoms with Crippen molar-refractivity contribution in [3.63, 3.8) is 0 Å². The van der Waals surface area contributed by atoms with Gasteiger partial charge in [-0.15, -0.1) is 6.58 Å². The van der Waals surface area contributed by atoms with E-state index in [4.69, 9.17) is 13.7 Å². The lowest BCUT2D eigenvalue weighted by Crippen LogP contribution is -2.24. The molecule has 2 atom stereocenters. The Bertz CT molecular complexity index is 373. The number of hydrogen-bond donors (Lipinski definition) is 0. The summed E-state index contributed by atoms with van der Waals surface area (Å²) >= 11 is 0. The van der Waals surface area contributed by atoms with Crippen molar-refractivity contribution < 1.29 is 18.2 Å². The van der Waals surface area contributed by atoms with Gasteiger partial charge >= 0.3 is 7.82 Å². The Balaban J connectivity index is 2.71. The largest absolute Gasteiger partial charge is 0.550 e. The maximum absolute atomic E-state index is 12.2. The van der Waals surface area contributed by atoms with Crippen molar-refractivity contribution in [2.45, 2.75) is 46.5 Å². The average Bonchev–Trinajstić information content (AvgIpc) is 2.45. The van der Waals surface area contributed by atoms with Crippen LogP contribution in [0.4, 0.5) is 0 Å². The lowest BCUT2D eigenvalue weighted by molar-refractivity contribution is 0.124. The molecule has 0 heterocycles. The summed E-state index contributed by atoms with van der Waals surface area (Å²) in [4.78, 5) is 0. The number of hydrogen-bond acceptors (Lipinski definition) is 5. The molecule has 0 unspecified atom stereocenters. The van der Waals surface area contributed by atoms with Gasteiger partial charge in [0.25, 0.3) is 0 Å². The van der Waals surface area contributed by atoms with Crippen LogP contribution in [0.25, 0.3) is 0 Å². The molecule has 1 saturated carbocycles. The third kappa shape index (κ3) is 5.04. The molecule has 1 aliphatic carbocycles. The molecule has 0 aliphatic heterocycles. The van der Waals surface area contributed by atoms with Crippen LogP contribution in [-0.2, 0) is 18.2 Å². The molecule has 20 heavy (non-hydrogen) atoms. The van der Waals surface area contributed by atoms with Crippen LogP contribution in [0.3, 0.4) is 0 Å². The van der Waals surface area contributed by atoms with Crippen molar-refractivity contribution in [1.82, 2.24) is 0 Å². The third-order valence-electron chi connectivity index (χ3n) is 3.52. The van der Waals surface area contributed by atoms with E-state index >= 15 is 0 Å². The summed E-state index contributed by atoms with van der Waals surface area (Å²) in [5.74, 6) is 0.715. The fourth-order valence-electron chi connectivity index (χ4n) is 2.54. The summed E-state index contributed by atoms with van der Waals surface area (Å²) in [6, 6.07) is 0. The van der Waals surface area contributed by atoms with Crippen molar-refractivity contribution in [3.05, 3.63) is 12.7 Å². The van der Waals surface area contributed by atoms with E-state index in [1.165, 1.54) is 12.8 Å². The minimum atomic E-state index is -3.57. The Morgan fingerprint density at radius 2 is 1.90 bits per heavy atom. The van der Waals surface area contributed by atoms with E-state index in [1.54, 1.807) is 13.8 Å². The molecule has 1 aliphatic rings. The zero-order valence-corrected chi connectivity index (χ0v) is 13.6. The summed E-state index contributed by atoms with van der Waals surface area (Å²) in [5.41, 5.74) is 0.828. The summed E-state index contributed by atoms with van der Waals surface area (Å²) in [5, 5.41) is 4.01. The van der Waals surface area contributed by atoms with Crippen molar-refractivity contribution >= 4 is 13.5 Å². The second kappa shape index (κ2) is 8.60. The molecule has 0 N–H and O–H groups in total. The van der Waals surface area contributed by atoms with Crippen LogP contribution in [0, 0.1) is 11.8 Å². The van der Waals surface area contributed by atoms with E-state index in [9.17, 15) is 4.57 Å². The Hall–Kier alpha value is -0.640. The number of phosphoric ester groups is 1. The molecular formula is C14H26NO4P. The van der Waals surface area contributed by atoms with Gasteiger partial charge in [0.05, 0.1) is 18.9 Å². The topological polar surface area (TPSA) is 57.1 Å². The molecular weight excluding hydrogens is 277 g/mol. The molecule has 0 aromatic carbocycles. The van der Waals surface area contributed by atoms with E-state index < -0.39 is 7.82 Å². The second-order valence-corrected chi connectivity index (χ2v) is 6.46. The fraction of sp³-hybridized carbons (Fsp3) is 0.786. The van der Waals surface area contributed by atoms with Gasteiger partial charge in [0, 0.05) is 5.92 Å². The van der Waals surface area contributed by atoms with Crippen LogP contribution in [0.5, 0.6) is 0 Å². The molecule has 0 aromatic rings. The smallest absolute Gasteiger partial charge is 0.292 e. The van der Waals surface area contributed by atoms with Gasteiger partial charge in [-0.3, -0.25) is 13.7 Å². The molecule has 5 nitrogen and oxygen atoms in total. The van der Waals surface area contributed by atoms with Crippen molar-refractivity contribution in [2.24, 2.45) is 17.0 Å². The van der Waals surface area contributed by atoms with Gasteiger partial charge in [-0.2, -0.15) is 0 Å². The zero-order valence-electron chi connectivity index (χ0n) is 12.7. The van der Waals surface area contributed by atoms with E-state index in [-0.39, 0.29) is 13.2 Å². The summed E-state index contributed by atoms with van der Waals surface area (Å²) in [6.07, 6.45) is 6.56. The maximum Gasteiger partial charge on any atom is 0.550 e. The molecule has 0 radical (unpaired) electrons. The van der Waals surface area contributed by atoms with Gasteiger partial charge in [0.2, 0.25) is 0 Å². The zero-order chi connectivity index (χ0) is 15.0. The van der Waals surface area contributed by atoms with Crippen molar-refractivity contribution in [2.75, 3.05) is 13.2 Å². The molecule has 1 fully saturated rings. The number of oxime groups is 1. The van der Waals surface area contributed by atoms with E-state index in [0.717, 1.165) is 18.6 Å². The normalized spacial score (nSPS) is 24.4. The molecule has 0 bridgehead atoms. The SMILES string of the molecule is C=C[C@H]1CCCC[C@H]1/C(C)=N/OP(=O)(OCC)OCC. The number of allylic oxidation sites excluding steroid dienone is 1. The highest BCUT2D eigenvalue weighted by molar-refractivity contribution is 7.48. The van der Waals surface area contributed by atoms with Crippen molar-refractivity contribution in [1.29, 1.82) is 0 Å². The number of rotatable bonds is 8. The Morgan fingerprint density at radius 1 is 1.30 bits per heavy atom. The third-order valence-corrected chi connectivity index (χ3v) is 4.95. The molecule has 6 heteroatoms. The van der Waals surface area contributed by atoms with Crippen LogP contribution < -0.4 is 0 Å². The first-order valence-corrected chi connectivity index (χ1v) is 8.77. The van der Waals surface area contributed by atoms with E-state index in [1.807, 2.05) is 13.0 Å². The van der Waals surface area contributed by atoms with Crippen LogP contribution in [0.1, 0.15) is 46.5 Å². The fourth-order valence-corrected chi connectivity index (χ4v) is 3.57. The number of phosphoric acid groups is 1. The first-order valence-electron chi connectivity index (χ1n) is 7.31. The lowest BCUT2D eigenvalue weighted by Gasteiger charge is -2.28. The Kier molecular flexibility index (Phi) is 7.49. The molecule has 1 rings (SSSR count). The minimum Gasteiger partial charge on any atom is -0.292 e. The predicted molar refractivity (Wildman–Crippen MR) is 80.7 cm³/mol. The van der Waals surface area contributed by atoms with Gasteiger partial charge in [-0.05, 0) is 39.5 Å². The predicted octanol–water partition coefficient (Wildman–Crippen LogP) is 4.55. The standard InChI is InChI=1S/C14H26NO4P/c1-5-13-10-8-9-11-14(13)12(4)15-19-20(16,17-6-2)18-7-3/h5,13-14H,1,6-11H2,2-4H3/b15-12+/t13-,14-/m0/s1. The van der Waals surface area contributed by atoms with Gasteiger partial charge in [0.15, 0.2) is 0 Å². The maximum atomic E-state index is 12.2. The van der Waals surface area contributed by atoms with Gasteiger partial charge in [-0.1, -0.05) is 24.1 Å². The van der Waals surface area contributed by atoms with Crippen LogP contribution in [0.2, 0.25) is 0 Å². The first-order chi connectivity index (χ1) is 9.56. The molecule has 0 aromatic heterocycles. The number of nitrogens with zero attached hydrogens (tertiary/aromatic N) is 1. The average molecular weight is 303 g/mol. The highest BCUT2D eigenvalue weighted by Gasteiger charge is 2.29. The quantitative estimate of drug-likeness (QED) is 0.285. The highest BCUT2D eigenvalue weighted by atomic mass is 31.2. The van der Waals surface area contributed by atoms with Crippen LogP contribution >= 0.6 is 7.82 Å². The second-order valence-electron chi connectivity index (χ2n) is 4.89. The van der Waals surface area contributed by atoms with Gasteiger partial charge < -0.3 is 0 Å². The Labute approximate surface area is 122 Å².